The molecule has 1 atom stereocenters. The lowest BCUT2D eigenvalue weighted by Gasteiger charge is -2.30. The first-order valence-electron chi connectivity index (χ1n) is 6.37. The summed E-state index contributed by atoms with van der Waals surface area (Å²) in [6.07, 6.45) is -1.04. The molecule has 20 heavy (non-hydrogen) atoms. The number of hydrogen-bond acceptors (Lipinski definition) is 3. The normalized spacial score (nSPS) is 22.9. The highest BCUT2D eigenvalue weighted by molar-refractivity contribution is 7.10. The predicted octanol–water partition coefficient (Wildman–Crippen LogP) is 3.32. The van der Waals surface area contributed by atoms with E-state index < -0.39 is 12.5 Å². The van der Waals surface area contributed by atoms with Crippen LogP contribution in [-0.4, -0.2) is 22.6 Å². The molecule has 6 heteroatoms. The minimum Gasteiger partial charge on any atom is -0.324 e. The van der Waals surface area contributed by atoms with Crippen LogP contribution >= 0.6 is 11.3 Å². The minimum atomic E-state index is -2.57. The zero-order valence-corrected chi connectivity index (χ0v) is 11.5. The van der Waals surface area contributed by atoms with Gasteiger partial charge in [0.2, 0.25) is 0 Å². The van der Waals surface area contributed by atoms with Gasteiger partial charge in [-0.2, -0.15) is 0 Å². The van der Waals surface area contributed by atoms with E-state index in [1.165, 1.54) is 10.3 Å². The zero-order chi connectivity index (χ0) is 14.4. The molecule has 1 amide bonds. The van der Waals surface area contributed by atoms with Gasteiger partial charge in [0.25, 0.3) is 12.3 Å². The highest BCUT2D eigenvalue weighted by Crippen LogP contribution is 2.39. The fraction of sp³-hybridized carbons (Fsp3) is 0.429. The Morgan fingerprint density at radius 2 is 2.15 bits per heavy atom. The van der Waals surface area contributed by atoms with Crippen molar-refractivity contribution in [1.82, 2.24) is 4.90 Å². The van der Waals surface area contributed by atoms with Crippen molar-refractivity contribution >= 4 is 23.0 Å². The number of fused-ring (bicyclic) bond motifs is 1. The second kappa shape index (κ2) is 4.77. The number of halogens is 2. The van der Waals surface area contributed by atoms with Crippen LogP contribution in [0, 0.1) is 0 Å². The monoisotopic (exact) mass is 297 g/mol. The Morgan fingerprint density at radius 3 is 2.80 bits per heavy atom. The number of hydrogen-bond donors (Lipinski definition) is 0. The first-order valence-corrected chi connectivity index (χ1v) is 7.25. The fourth-order valence-corrected chi connectivity index (χ4v) is 3.76. The summed E-state index contributed by atoms with van der Waals surface area (Å²) >= 11 is 0.917. The van der Waals surface area contributed by atoms with Crippen LogP contribution in [0.15, 0.2) is 17.5 Å². The van der Waals surface area contributed by atoms with Crippen molar-refractivity contribution in [1.29, 1.82) is 0 Å². The van der Waals surface area contributed by atoms with Crippen LogP contribution < -0.4 is 0 Å². The number of amides is 1. The first-order chi connectivity index (χ1) is 9.49. The number of nitrogens with zero attached hydrogens (tertiary/aromatic N) is 1. The molecular weight excluding hydrogens is 284 g/mol. The SMILES string of the molecule is C=C1CCC(N2Cc3c(csc3C(F)F)C2=O)C(=O)C1. The Bertz CT molecular complexity index is 608. The molecule has 1 aliphatic carbocycles. The smallest absolute Gasteiger partial charge is 0.273 e. The lowest BCUT2D eigenvalue weighted by Crippen LogP contribution is -2.43. The van der Waals surface area contributed by atoms with Crippen molar-refractivity contribution in [3.05, 3.63) is 33.5 Å². The van der Waals surface area contributed by atoms with Gasteiger partial charge in [0.05, 0.1) is 16.5 Å². The molecule has 1 aliphatic heterocycles. The number of alkyl halides is 2. The molecule has 1 fully saturated rings. The highest BCUT2D eigenvalue weighted by Gasteiger charge is 2.40. The summed E-state index contributed by atoms with van der Waals surface area (Å²) in [6.45, 7) is 3.91. The van der Waals surface area contributed by atoms with Gasteiger partial charge in [-0.3, -0.25) is 9.59 Å². The molecule has 106 valence electrons. The van der Waals surface area contributed by atoms with E-state index in [1.54, 1.807) is 0 Å². The van der Waals surface area contributed by atoms with Gasteiger partial charge in [-0.1, -0.05) is 12.2 Å². The average Bonchev–Trinajstić information content (AvgIpc) is 2.91. The van der Waals surface area contributed by atoms with Crippen molar-refractivity contribution in [2.45, 2.75) is 38.3 Å². The van der Waals surface area contributed by atoms with E-state index in [4.69, 9.17) is 0 Å². The third-order valence-corrected chi connectivity index (χ3v) is 4.92. The number of thiophene rings is 1. The molecule has 1 saturated carbocycles. The zero-order valence-electron chi connectivity index (χ0n) is 10.7. The summed E-state index contributed by atoms with van der Waals surface area (Å²) < 4.78 is 25.8. The molecule has 0 saturated heterocycles. The minimum absolute atomic E-state index is 0.0398. The van der Waals surface area contributed by atoms with Crippen molar-refractivity contribution < 1.29 is 18.4 Å². The topological polar surface area (TPSA) is 37.4 Å². The van der Waals surface area contributed by atoms with Crippen LogP contribution in [0.5, 0.6) is 0 Å². The van der Waals surface area contributed by atoms with Crippen LogP contribution in [0.3, 0.4) is 0 Å². The third kappa shape index (κ3) is 1.98. The van der Waals surface area contributed by atoms with E-state index in [-0.39, 0.29) is 29.5 Å². The molecule has 1 aromatic heterocycles. The summed E-state index contributed by atoms with van der Waals surface area (Å²) in [6, 6.07) is -0.490. The maximum Gasteiger partial charge on any atom is 0.273 e. The number of rotatable bonds is 2. The molecule has 1 aromatic rings. The Hall–Kier alpha value is -1.56. The van der Waals surface area contributed by atoms with Crippen molar-refractivity contribution in [3.63, 3.8) is 0 Å². The summed E-state index contributed by atoms with van der Waals surface area (Å²) in [7, 11) is 0. The Balaban J connectivity index is 1.86. The van der Waals surface area contributed by atoms with Crippen molar-refractivity contribution in [2.75, 3.05) is 0 Å². The van der Waals surface area contributed by atoms with Crippen molar-refractivity contribution in [2.24, 2.45) is 0 Å². The van der Waals surface area contributed by atoms with Crippen molar-refractivity contribution in [3.8, 4) is 0 Å². The molecule has 2 aliphatic rings. The van der Waals surface area contributed by atoms with E-state index in [9.17, 15) is 18.4 Å². The molecule has 0 bridgehead atoms. The summed E-state index contributed by atoms with van der Waals surface area (Å²) in [5.74, 6) is -0.337. The fourth-order valence-electron chi connectivity index (χ4n) is 2.86. The van der Waals surface area contributed by atoms with Gasteiger partial charge in [-0.15, -0.1) is 11.3 Å². The number of Topliss-reactive ketones (excluding diaryl/α,β-unsaturated/α-hetero) is 1. The number of allylic oxidation sites excluding steroid dienone is 1. The van der Waals surface area contributed by atoms with Gasteiger partial charge in [0, 0.05) is 23.9 Å². The second-order valence-electron chi connectivity index (χ2n) is 5.17. The second-order valence-corrected chi connectivity index (χ2v) is 6.08. The van der Waals surface area contributed by atoms with Gasteiger partial charge in [0.15, 0.2) is 5.78 Å². The molecule has 3 rings (SSSR count). The van der Waals surface area contributed by atoms with Gasteiger partial charge >= 0.3 is 0 Å². The lowest BCUT2D eigenvalue weighted by atomic mass is 9.90. The van der Waals surface area contributed by atoms with E-state index >= 15 is 0 Å². The quantitative estimate of drug-likeness (QED) is 0.785. The van der Waals surface area contributed by atoms with E-state index in [0.717, 1.165) is 16.9 Å². The molecule has 2 heterocycles. The van der Waals surface area contributed by atoms with Crippen LogP contribution in [0.25, 0.3) is 0 Å². The molecule has 3 nitrogen and oxygen atoms in total. The molecular formula is C14H13F2NO2S. The van der Waals surface area contributed by atoms with Crippen LogP contribution in [0.4, 0.5) is 8.78 Å². The number of carbonyl (C=O) groups is 2. The van der Waals surface area contributed by atoms with Gasteiger partial charge in [0.1, 0.15) is 0 Å². The first kappa shape index (κ1) is 13.4. The molecule has 0 radical (unpaired) electrons. The Kier molecular flexibility index (Phi) is 3.20. The molecule has 0 N–H and O–H groups in total. The average molecular weight is 297 g/mol. The molecule has 0 spiro atoms. The van der Waals surface area contributed by atoms with Gasteiger partial charge in [-0.05, 0) is 12.8 Å². The van der Waals surface area contributed by atoms with Crippen LogP contribution in [0.1, 0.15) is 46.5 Å². The van der Waals surface area contributed by atoms with Crippen LogP contribution in [0.2, 0.25) is 0 Å². The molecule has 0 aromatic carbocycles. The van der Waals surface area contributed by atoms with Gasteiger partial charge < -0.3 is 4.90 Å². The van der Waals surface area contributed by atoms with E-state index in [1.807, 2.05) is 0 Å². The number of ketones is 1. The standard InChI is InChI=1S/C14H13F2NO2S/c1-7-2-3-10(11(18)4-7)17-5-8-9(14(17)19)6-20-12(8)13(15)16/h6,10,13H,1-5H2. The van der Waals surface area contributed by atoms with E-state index in [0.29, 0.717) is 24.0 Å². The van der Waals surface area contributed by atoms with Crippen LogP contribution in [-0.2, 0) is 11.3 Å². The Morgan fingerprint density at radius 1 is 1.40 bits per heavy atom. The summed E-state index contributed by atoms with van der Waals surface area (Å²) in [4.78, 5) is 25.7. The summed E-state index contributed by atoms with van der Waals surface area (Å²) in [5.41, 5.74) is 1.61. The largest absolute Gasteiger partial charge is 0.324 e. The maximum absolute atomic E-state index is 12.9. The maximum atomic E-state index is 12.9. The lowest BCUT2D eigenvalue weighted by molar-refractivity contribution is -0.124. The Labute approximate surface area is 118 Å². The molecule has 1 unspecified atom stereocenters. The predicted molar refractivity (Wildman–Crippen MR) is 70.9 cm³/mol. The van der Waals surface area contributed by atoms with Gasteiger partial charge in [-0.25, -0.2) is 8.78 Å². The highest BCUT2D eigenvalue weighted by atomic mass is 32.1. The third-order valence-electron chi connectivity index (χ3n) is 3.89. The number of carbonyl (C=O) groups excluding carboxylic acids is 2. The summed E-state index contributed by atoms with van der Waals surface area (Å²) in [5, 5.41) is 1.48. The van der Waals surface area contributed by atoms with E-state index in [2.05, 4.69) is 6.58 Å².